The topological polar surface area (TPSA) is 103 Å². The number of nitrogens with zero attached hydrogens (tertiary/aromatic N) is 5. The van der Waals surface area contributed by atoms with E-state index in [0.29, 0.717) is 39.6 Å². The van der Waals surface area contributed by atoms with E-state index in [1.54, 1.807) is 36.5 Å². The molecule has 2 aromatic heterocycles. The van der Waals surface area contributed by atoms with Crippen LogP contribution in [0.2, 0.25) is 5.15 Å². The van der Waals surface area contributed by atoms with Gasteiger partial charge in [-0.15, -0.1) is 0 Å². The van der Waals surface area contributed by atoms with Gasteiger partial charge in [0, 0.05) is 43.3 Å². The summed E-state index contributed by atoms with van der Waals surface area (Å²) in [4.78, 5) is 18.4. The molecule has 0 spiro atoms. The van der Waals surface area contributed by atoms with Crippen molar-refractivity contribution in [3.63, 3.8) is 0 Å². The van der Waals surface area contributed by atoms with E-state index >= 15 is 0 Å². The highest BCUT2D eigenvalue weighted by molar-refractivity contribution is 7.92. The van der Waals surface area contributed by atoms with Gasteiger partial charge in [-0.3, -0.25) is 9.62 Å². The van der Waals surface area contributed by atoms with E-state index in [9.17, 15) is 8.42 Å². The molecule has 4 heterocycles. The lowest BCUT2D eigenvalue weighted by atomic mass is 10.1. The van der Waals surface area contributed by atoms with Crippen LogP contribution in [0.1, 0.15) is 12.8 Å². The van der Waals surface area contributed by atoms with E-state index in [4.69, 9.17) is 21.6 Å². The summed E-state index contributed by atoms with van der Waals surface area (Å²) >= 11 is 6.12. The standard InChI is InChI=1S/C22H26ClN7O2S/c23-20-13-18-19(14-25-20)26-22(30-11-10-29-9-4-7-17(29)15-30)27-21(18)24-8-12-33(31,32)28-16-5-2-1-3-6-16/h1-3,5-6,13-14,17,28H,4,7-12,15H2,(H,24,26,27). The number of sulfonamides is 1. The lowest BCUT2D eigenvalue weighted by Gasteiger charge is -2.37. The van der Waals surface area contributed by atoms with Gasteiger partial charge in [0.25, 0.3) is 0 Å². The second-order valence-corrected chi connectivity index (χ2v) is 10.6. The molecule has 0 radical (unpaired) electrons. The van der Waals surface area contributed by atoms with Crippen LogP contribution in [0.15, 0.2) is 42.6 Å². The second kappa shape index (κ2) is 9.28. The minimum Gasteiger partial charge on any atom is -0.368 e. The van der Waals surface area contributed by atoms with Crippen molar-refractivity contribution >= 4 is 50.0 Å². The molecule has 1 aromatic carbocycles. The number of hydrogen-bond acceptors (Lipinski definition) is 8. The van der Waals surface area contributed by atoms with Crippen LogP contribution in [0.4, 0.5) is 17.5 Å². The number of halogens is 1. The summed E-state index contributed by atoms with van der Waals surface area (Å²) in [7, 11) is -3.52. The Balaban J connectivity index is 1.34. The second-order valence-electron chi connectivity index (χ2n) is 8.39. The third-order valence-corrected chi connectivity index (χ3v) is 7.61. The molecule has 0 saturated carbocycles. The highest BCUT2D eigenvalue weighted by atomic mass is 35.5. The van der Waals surface area contributed by atoms with Crippen molar-refractivity contribution in [1.82, 2.24) is 19.9 Å². The normalized spacial score (nSPS) is 18.9. The van der Waals surface area contributed by atoms with Gasteiger partial charge in [-0.1, -0.05) is 29.8 Å². The van der Waals surface area contributed by atoms with Gasteiger partial charge in [0.2, 0.25) is 16.0 Å². The molecule has 1 unspecified atom stereocenters. The fourth-order valence-electron chi connectivity index (χ4n) is 4.48. The maximum atomic E-state index is 12.5. The van der Waals surface area contributed by atoms with Crippen molar-refractivity contribution in [3.8, 4) is 0 Å². The molecule has 174 valence electrons. The largest absolute Gasteiger partial charge is 0.368 e. The maximum absolute atomic E-state index is 12.5. The predicted octanol–water partition coefficient (Wildman–Crippen LogP) is 2.82. The molecular formula is C22H26ClN7O2S. The lowest BCUT2D eigenvalue weighted by Crippen LogP contribution is -2.50. The van der Waals surface area contributed by atoms with Gasteiger partial charge < -0.3 is 10.2 Å². The van der Waals surface area contributed by atoms with E-state index in [-0.39, 0.29) is 12.3 Å². The molecule has 9 nitrogen and oxygen atoms in total. The van der Waals surface area contributed by atoms with Crippen LogP contribution in [0.5, 0.6) is 0 Å². The summed E-state index contributed by atoms with van der Waals surface area (Å²) < 4.78 is 27.6. The molecule has 0 aliphatic carbocycles. The quantitative estimate of drug-likeness (QED) is 0.490. The highest BCUT2D eigenvalue weighted by Gasteiger charge is 2.31. The van der Waals surface area contributed by atoms with Crippen molar-refractivity contribution in [2.75, 3.05) is 53.4 Å². The number of piperazine rings is 1. The molecule has 2 N–H and O–H groups in total. The van der Waals surface area contributed by atoms with Crippen LogP contribution in [0.25, 0.3) is 10.9 Å². The summed E-state index contributed by atoms with van der Waals surface area (Å²) in [5, 5.41) is 4.24. The Hall–Kier alpha value is -2.69. The summed E-state index contributed by atoms with van der Waals surface area (Å²) in [5.74, 6) is 1.08. The zero-order valence-corrected chi connectivity index (χ0v) is 19.7. The smallest absolute Gasteiger partial charge is 0.234 e. The first-order valence-electron chi connectivity index (χ1n) is 11.1. The lowest BCUT2D eigenvalue weighted by molar-refractivity contribution is 0.230. The molecule has 1 atom stereocenters. The van der Waals surface area contributed by atoms with Crippen molar-refractivity contribution in [2.24, 2.45) is 0 Å². The summed E-state index contributed by atoms with van der Waals surface area (Å²) in [6, 6.07) is 11.1. The molecule has 2 fully saturated rings. The Morgan fingerprint density at radius 1 is 1.12 bits per heavy atom. The molecular weight excluding hydrogens is 462 g/mol. The van der Waals surface area contributed by atoms with Crippen LogP contribution in [0, 0.1) is 0 Å². The Kier molecular flexibility index (Phi) is 6.22. The van der Waals surface area contributed by atoms with E-state index in [0.717, 1.165) is 26.2 Å². The number of fused-ring (bicyclic) bond motifs is 2. The molecule has 0 amide bonds. The fraction of sp³-hybridized carbons (Fsp3) is 0.409. The van der Waals surface area contributed by atoms with Crippen molar-refractivity contribution in [3.05, 3.63) is 47.7 Å². The minimum absolute atomic E-state index is 0.109. The number of pyridine rings is 1. The summed E-state index contributed by atoms with van der Waals surface area (Å²) in [6.45, 7) is 4.10. The average Bonchev–Trinajstić information content (AvgIpc) is 3.27. The molecule has 2 saturated heterocycles. The molecule has 33 heavy (non-hydrogen) atoms. The molecule has 2 aliphatic rings. The van der Waals surface area contributed by atoms with Gasteiger partial charge in [0.1, 0.15) is 11.0 Å². The van der Waals surface area contributed by atoms with Crippen LogP contribution in [-0.2, 0) is 10.0 Å². The number of anilines is 3. The summed E-state index contributed by atoms with van der Waals surface area (Å²) in [5.41, 5.74) is 1.21. The molecule has 5 rings (SSSR count). The maximum Gasteiger partial charge on any atom is 0.234 e. The zero-order chi connectivity index (χ0) is 22.8. The van der Waals surface area contributed by atoms with E-state index < -0.39 is 10.0 Å². The SMILES string of the molecule is O=S(=O)(CCNc1nc(N2CCN3CCCC3C2)nc2cnc(Cl)cc12)Nc1ccccc1. The fourth-order valence-corrected chi connectivity index (χ4v) is 5.61. The molecule has 0 bridgehead atoms. The van der Waals surface area contributed by atoms with Gasteiger partial charge in [-0.25, -0.2) is 18.4 Å². The van der Waals surface area contributed by atoms with Crippen molar-refractivity contribution in [1.29, 1.82) is 0 Å². The predicted molar refractivity (Wildman–Crippen MR) is 131 cm³/mol. The van der Waals surface area contributed by atoms with E-state index in [1.807, 2.05) is 6.07 Å². The first kappa shape index (κ1) is 22.1. The number of para-hydroxylation sites is 1. The average molecular weight is 488 g/mol. The number of hydrogen-bond donors (Lipinski definition) is 2. The Labute approximate surface area is 198 Å². The van der Waals surface area contributed by atoms with Gasteiger partial charge in [-0.2, -0.15) is 4.98 Å². The molecule has 2 aliphatic heterocycles. The first-order chi connectivity index (χ1) is 16.0. The Morgan fingerprint density at radius 3 is 2.82 bits per heavy atom. The van der Waals surface area contributed by atoms with Gasteiger partial charge >= 0.3 is 0 Å². The van der Waals surface area contributed by atoms with Gasteiger partial charge in [0.15, 0.2) is 0 Å². The van der Waals surface area contributed by atoms with Gasteiger partial charge in [0.05, 0.1) is 17.5 Å². The number of benzene rings is 1. The Bertz CT molecular complexity index is 1240. The summed E-state index contributed by atoms with van der Waals surface area (Å²) in [6.07, 6.45) is 4.06. The highest BCUT2D eigenvalue weighted by Crippen LogP contribution is 2.28. The van der Waals surface area contributed by atoms with Crippen molar-refractivity contribution < 1.29 is 8.42 Å². The third kappa shape index (κ3) is 5.13. The van der Waals surface area contributed by atoms with Crippen LogP contribution >= 0.6 is 11.6 Å². The number of rotatable bonds is 7. The van der Waals surface area contributed by atoms with Crippen molar-refractivity contribution in [2.45, 2.75) is 18.9 Å². The minimum atomic E-state index is -3.52. The zero-order valence-electron chi connectivity index (χ0n) is 18.1. The third-order valence-electron chi connectivity index (χ3n) is 6.12. The van der Waals surface area contributed by atoms with Crippen LogP contribution in [0.3, 0.4) is 0 Å². The van der Waals surface area contributed by atoms with Gasteiger partial charge in [-0.05, 0) is 37.6 Å². The number of aromatic nitrogens is 3. The van der Waals surface area contributed by atoms with Crippen LogP contribution < -0.4 is 14.9 Å². The molecule has 3 aromatic rings. The van der Waals surface area contributed by atoms with Crippen LogP contribution in [-0.4, -0.2) is 72.8 Å². The monoisotopic (exact) mass is 487 g/mol. The molecule has 11 heteroatoms. The first-order valence-corrected chi connectivity index (χ1v) is 13.1. The number of nitrogens with one attached hydrogen (secondary N) is 2. The Morgan fingerprint density at radius 2 is 1.97 bits per heavy atom. The van der Waals surface area contributed by atoms with E-state index in [1.165, 1.54) is 12.8 Å². The van der Waals surface area contributed by atoms with E-state index in [2.05, 4.69) is 24.8 Å².